The maximum atomic E-state index is 11.9. The molecule has 1 amide bonds. The van der Waals surface area contributed by atoms with Crippen molar-refractivity contribution in [1.82, 2.24) is 4.90 Å². The first-order chi connectivity index (χ1) is 8.10. The van der Waals surface area contributed by atoms with Crippen molar-refractivity contribution in [2.45, 2.75) is 32.7 Å². The van der Waals surface area contributed by atoms with Gasteiger partial charge in [-0.25, -0.2) is 13.6 Å². The summed E-state index contributed by atoms with van der Waals surface area (Å²) in [7, 11) is -3.59. The molecule has 0 aliphatic carbocycles. The monoisotopic (exact) mass is 273 g/mol. The Morgan fingerprint density at radius 3 is 2.56 bits per heavy atom. The van der Waals surface area contributed by atoms with Crippen molar-refractivity contribution in [1.29, 1.82) is 5.26 Å². The molecule has 1 heterocycles. The van der Waals surface area contributed by atoms with Crippen molar-refractivity contribution in [3.8, 4) is 6.07 Å². The standard InChI is InChI=1S/C11H19N3O3S/c1-8(2)11(3,7-12)14-5-9(4-10(14)15)6-18(13,16)17/h8-9H,4-6H2,1-3H3,(H2,13,16,17). The van der Waals surface area contributed by atoms with E-state index in [-0.39, 0.29) is 36.5 Å². The molecule has 1 saturated heterocycles. The lowest BCUT2D eigenvalue weighted by Crippen LogP contribution is -2.50. The van der Waals surface area contributed by atoms with Crippen LogP contribution in [-0.2, 0) is 14.8 Å². The second kappa shape index (κ2) is 4.86. The number of nitriles is 1. The van der Waals surface area contributed by atoms with E-state index >= 15 is 0 Å². The SMILES string of the molecule is CC(C)C(C)(C#N)N1CC(CS(N)(=O)=O)CC1=O. The number of rotatable bonds is 4. The normalized spacial score (nSPS) is 24.1. The van der Waals surface area contributed by atoms with Gasteiger partial charge in [-0.1, -0.05) is 13.8 Å². The van der Waals surface area contributed by atoms with Gasteiger partial charge in [0.25, 0.3) is 0 Å². The number of hydrogen-bond donors (Lipinski definition) is 1. The van der Waals surface area contributed by atoms with Gasteiger partial charge in [-0.3, -0.25) is 4.79 Å². The quantitative estimate of drug-likeness (QED) is 0.782. The van der Waals surface area contributed by atoms with Crippen molar-refractivity contribution in [2.24, 2.45) is 17.0 Å². The Morgan fingerprint density at radius 1 is 1.61 bits per heavy atom. The molecule has 0 aromatic carbocycles. The zero-order chi connectivity index (χ0) is 14.1. The lowest BCUT2D eigenvalue weighted by molar-refractivity contribution is -0.132. The minimum absolute atomic E-state index is 0.0281. The van der Waals surface area contributed by atoms with E-state index in [9.17, 15) is 18.5 Å². The van der Waals surface area contributed by atoms with Crippen molar-refractivity contribution >= 4 is 15.9 Å². The molecule has 0 spiro atoms. The predicted molar refractivity (Wildman–Crippen MR) is 66.7 cm³/mol. The molecule has 2 N–H and O–H groups in total. The first-order valence-electron chi connectivity index (χ1n) is 5.82. The van der Waals surface area contributed by atoms with Crippen LogP contribution in [0.15, 0.2) is 0 Å². The summed E-state index contributed by atoms with van der Waals surface area (Å²) in [5.41, 5.74) is -0.899. The van der Waals surface area contributed by atoms with E-state index in [1.807, 2.05) is 13.8 Å². The number of sulfonamides is 1. The van der Waals surface area contributed by atoms with Gasteiger partial charge in [-0.2, -0.15) is 5.26 Å². The molecule has 1 aliphatic rings. The summed E-state index contributed by atoms with van der Waals surface area (Å²) >= 11 is 0. The highest BCUT2D eigenvalue weighted by molar-refractivity contribution is 7.89. The molecule has 1 fully saturated rings. The number of carbonyl (C=O) groups excluding carboxylic acids is 1. The summed E-state index contributed by atoms with van der Waals surface area (Å²) < 4.78 is 22.1. The number of primary sulfonamides is 1. The van der Waals surface area contributed by atoms with E-state index in [2.05, 4.69) is 6.07 Å². The summed E-state index contributed by atoms with van der Waals surface area (Å²) in [6.07, 6.45) is 0.139. The number of carbonyl (C=O) groups is 1. The lowest BCUT2D eigenvalue weighted by atomic mass is 9.88. The zero-order valence-corrected chi connectivity index (χ0v) is 11.7. The molecular weight excluding hydrogens is 254 g/mol. The van der Waals surface area contributed by atoms with Gasteiger partial charge in [0.2, 0.25) is 15.9 Å². The van der Waals surface area contributed by atoms with Crippen molar-refractivity contribution in [2.75, 3.05) is 12.3 Å². The highest BCUT2D eigenvalue weighted by Gasteiger charge is 2.44. The van der Waals surface area contributed by atoms with Gasteiger partial charge in [-0.05, 0) is 12.8 Å². The minimum Gasteiger partial charge on any atom is -0.324 e. The fourth-order valence-corrected chi connectivity index (χ4v) is 3.05. The van der Waals surface area contributed by atoms with Crippen LogP contribution >= 0.6 is 0 Å². The second-order valence-corrected chi connectivity index (χ2v) is 6.98. The molecule has 6 nitrogen and oxygen atoms in total. The molecule has 7 heteroatoms. The maximum Gasteiger partial charge on any atom is 0.224 e. The number of amides is 1. The highest BCUT2D eigenvalue weighted by Crippen LogP contribution is 2.31. The predicted octanol–water partition coefficient (Wildman–Crippen LogP) is 0.0617. The summed E-state index contributed by atoms with van der Waals surface area (Å²) in [5, 5.41) is 14.3. The molecule has 102 valence electrons. The Kier molecular flexibility index (Phi) is 4.03. The Labute approximate surface area is 108 Å². The van der Waals surface area contributed by atoms with Crippen LogP contribution in [-0.4, -0.2) is 37.1 Å². The molecule has 0 radical (unpaired) electrons. The number of likely N-dealkylation sites (tertiary alicyclic amines) is 1. The molecular formula is C11H19N3O3S. The van der Waals surface area contributed by atoms with Gasteiger partial charge in [0, 0.05) is 18.9 Å². The van der Waals surface area contributed by atoms with Gasteiger partial charge in [0.1, 0.15) is 5.54 Å². The van der Waals surface area contributed by atoms with E-state index in [0.29, 0.717) is 0 Å². The molecule has 1 rings (SSSR count). The van der Waals surface area contributed by atoms with Crippen molar-refractivity contribution in [3.05, 3.63) is 0 Å². The van der Waals surface area contributed by atoms with Crippen LogP contribution in [0.25, 0.3) is 0 Å². The molecule has 1 aliphatic heterocycles. The van der Waals surface area contributed by atoms with E-state index in [1.165, 1.54) is 4.90 Å². The second-order valence-electron chi connectivity index (χ2n) is 5.32. The Morgan fingerprint density at radius 2 is 2.17 bits per heavy atom. The maximum absolute atomic E-state index is 11.9. The Hall–Kier alpha value is -1.13. The van der Waals surface area contributed by atoms with E-state index in [0.717, 1.165) is 0 Å². The fraction of sp³-hybridized carbons (Fsp3) is 0.818. The molecule has 0 aromatic heterocycles. The van der Waals surface area contributed by atoms with Crippen molar-refractivity contribution < 1.29 is 13.2 Å². The molecule has 0 aromatic rings. The summed E-state index contributed by atoms with van der Waals surface area (Å²) in [6.45, 7) is 5.71. The summed E-state index contributed by atoms with van der Waals surface area (Å²) in [4.78, 5) is 13.4. The minimum atomic E-state index is -3.59. The zero-order valence-electron chi connectivity index (χ0n) is 10.9. The molecule has 2 atom stereocenters. The lowest BCUT2D eigenvalue weighted by Gasteiger charge is -2.36. The molecule has 0 saturated carbocycles. The van der Waals surface area contributed by atoms with Gasteiger partial charge in [0.05, 0.1) is 11.8 Å². The van der Waals surface area contributed by atoms with Gasteiger partial charge >= 0.3 is 0 Å². The van der Waals surface area contributed by atoms with Gasteiger partial charge < -0.3 is 4.90 Å². The third kappa shape index (κ3) is 3.00. The third-order valence-corrected chi connectivity index (χ3v) is 4.52. The van der Waals surface area contributed by atoms with Crippen molar-refractivity contribution in [3.63, 3.8) is 0 Å². The van der Waals surface area contributed by atoms with Crippen LogP contribution in [0.1, 0.15) is 27.2 Å². The largest absolute Gasteiger partial charge is 0.324 e. The van der Waals surface area contributed by atoms with Gasteiger partial charge in [0.15, 0.2) is 0 Å². The third-order valence-electron chi connectivity index (χ3n) is 3.58. The molecule has 0 bridgehead atoms. The number of nitrogens with zero attached hydrogens (tertiary/aromatic N) is 2. The van der Waals surface area contributed by atoms with Crippen LogP contribution in [0.3, 0.4) is 0 Å². The van der Waals surface area contributed by atoms with Gasteiger partial charge in [-0.15, -0.1) is 0 Å². The highest BCUT2D eigenvalue weighted by atomic mass is 32.2. The molecule has 18 heavy (non-hydrogen) atoms. The van der Waals surface area contributed by atoms with E-state index in [4.69, 9.17) is 5.14 Å². The van der Waals surface area contributed by atoms with Crippen LogP contribution in [0.5, 0.6) is 0 Å². The average molecular weight is 273 g/mol. The molecule has 2 unspecified atom stereocenters. The summed E-state index contributed by atoms with van der Waals surface area (Å²) in [6, 6.07) is 2.16. The average Bonchev–Trinajstić information content (AvgIpc) is 2.55. The fourth-order valence-electron chi connectivity index (χ4n) is 2.17. The Bertz CT molecular complexity index is 480. The number of hydrogen-bond acceptors (Lipinski definition) is 4. The first-order valence-corrected chi connectivity index (χ1v) is 7.54. The van der Waals surface area contributed by atoms with Crippen LogP contribution < -0.4 is 5.14 Å². The topological polar surface area (TPSA) is 104 Å². The Balaban J connectivity index is 2.89. The van der Waals surface area contributed by atoms with Crippen LogP contribution in [0, 0.1) is 23.2 Å². The number of nitrogens with two attached hydrogens (primary N) is 1. The van der Waals surface area contributed by atoms with Crippen LogP contribution in [0.2, 0.25) is 0 Å². The van der Waals surface area contributed by atoms with Crippen LogP contribution in [0.4, 0.5) is 0 Å². The summed E-state index contributed by atoms with van der Waals surface area (Å²) in [5.74, 6) is -0.741. The smallest absolute Gasteiger partial charge is 0.224 e. The van der Waals surface area contributed by atoms with E-state index < -0.39 is 15.6 Å². The van der Waals surface area contributed by atoms with E-state index in [1.54, 1.807) is 6.92 Å². The first kappa shape index (κ1) is 14.9.